The van der Waals surface area contributed by atoms with Crippen LogP contribution in [0.15, 0.2) is 18.2 Å². The molecule has 160 valence electrons. The highest BCUT2D eigenvalue weighted by Gasteiger charge is 2.51. The highest BCUT2D eigenvalue weighted by Crippen LogP contribution is 2.34. The molecule has 3 fully saturated rings. The van der Waals surface area contributed by atoms with E-state index in [-0.39, 0.29) is 47.0 Å². The number of nitrogens with zero attached hydrogens (tertiary/aromatic N) is 2. The Balaban J connectivity index is 1.59. The third kappa shape index (κ3) is 3.67. The molecule has 5 N–H and O–H groups in total. The highest BCUT2D eigenvalue weighted by molar-refractivity contribution is 5.95. The number of anilines is 1. The first-order valence-electron chi connectivity index (χ1n) is 10.1. The molecule has 3 aliphatic rings. The topological polar surface area (TPSA) is 143 Å². The van der Waals surface area contributed by atoms with Crippen LogP contribution in [0.25, 0.3) is 0 Å². The Bertz CT molecular complexity index is 871. The molecule has 1 aromatic rings. The number of hydrogen-bond donors (Lipinski definition) is 5. The van der Waals surface area contributed by atoms with E-state index in [0.717, 1.165) is 6.42 Å². The van der Waals surface area contributed by atoms with E-state index in [0.29, 0.717) is 31.9 Å². The number of hydrogen-bond acceptors (Lipinski definition) is 9. The Kier molecular flexibility index (Phi) is 5.76. The van der Waals surface area contributed by atoms with Gasteiger partial charge >= 0.3 is 0 Å². The minimum Gasteiger partial charge on any atom is -0.507 e. The van der Waals surface area contributed by atoms with E-state index in [2.05, 4.69) is 22.1 Å². The monoisotopic (exact) mass is 414 g/mol. The number of nitrogens with one attached hydrogen (secondary N) is 4. The average Bonchev–Trinajstić information content (AvgIpc) is 3.13. The van der Waals surface area contributed by atoms with Gasteiger partial charge in [0.2, 0.25) is 11.8 Å². The lowest BCUT2D eigenvalue weighted by Gasteiger charge is -2.39. The molecule has 0 saturated carbocycles. The van der Waals surface area contributed by atoms with E-state index in [1.54, 1.807) is 12.1 Å². The van der Waals surface area contributed by atoms with Crippen molar-refractivity contribution in [2.45, 2.75) is 31.1 Å². The fourth-order valence-corrected chi connectivity index (χ4v) is 4.55. The van der Waals surface area contributed by atoms with Crippen molar-refractivity contribution in [2.24, 2.45) is 11.8 Å². The third-order valence-corrected chi connectivity index (χ3v) is 6.08. The molecule has 5 atom stereocenters. The number of rotatable bonds is 4. The third-order valence-electron chi connectivity index (χ3n) is 6.08. The Morgan fingerprint density at radius 1 is 1.43 bits per heavy atom. The summed E-state index contributed by atoms with van der Waals surface area (Å²) in [7, 11) is 1.37. The van der Waals surface area contributed by atoms with Crippen LogP contribution in [0.1, 0.15) is 18.4 Å². The molecule has 3 heterocycles. The molecule has 0 spiro atoms. The maximum atomic E-state index is 12.7. The standard InChI is InChI=1S/C20H26N6O4/c1-29-18(22)13-8-12(2-3-16(13)27)24-19-17-14(4-6-23-20(17)28)26(25-19)15-10-30-7-5-11(15)9-21/h2-3,8,11,14-15,17,19,22,24-25,27H,4-7,10H2,1H3,(H,23,28)/t11-,14?,15?,17?,19?/m1/s1. The smallest absolute Gasteiger partial charge is 0.228 e. The second kappa shape index (κ2) is 8.47. The Morgan fingerprint density at radius 3 is 3.03 bits per heavy atom. The summed E-state index contributed by atoms with van der Waals surface area (Å²) in [4.78, 5) is 12.7. The molecule has 30 heavy (non-hydrogen) atoms. The Morgan fingerprint density at radius 2 is 2.27 bits per heavy atom. The number of aromatic hydroxyl groups is 1. The number of methoxy groups -OCH3 is 1. The second-order valence-corrected chi connectivity index (χ2v) is 7.76. The number of carbonyl (C=O) groups is 1. The predicted molar refractivity (Wildman–Crippen MR) is 108 cm³/mol. The van der Waals surface area contributed by atoms with Crippen molar-refractivity contribution in [1.82, 2.24) is 15.8 Å². The average molecular weight is 414 g/mol. The summed E-state index contributed by atoms with van der Waals surface area (Å²) >= 11 is 0. The van der Waals surface area contributed by atoms with Crippen LogP contribution in [0.5, 0.6) is 5.75 Å². The van der Waals surface area contributed by atoms with Gasteiger partial charge in [0.05, 0.1) is 43.2 Å². The first-order valence-corrected chi connectivity index (χ1v) is 10.1. The number of carbonyl (C=O) groups excluding carboxylic acids is 1. The lowest BCUT2D eigenvalue weighted by Crippen LogP contribution is -2.56. The van der Waals surface area contributed by atoms with Crippen LogP contribution in [-0.2, 0) is 14.3 Å². The number of phenols is 1. The summed E-state index contributed by atoms with van der Waals surface area (Å²) in [6, 6.07) is 6.97. The number of piperidine rings is 1. The summed E-state index contributed by atoms with van der Waals surface area (Å²) in [5.41, 5.74) is 4.30. The minimum absolute atomic E-state index is 0.0485. The Hall–Kier alpha value is -2.87. The zero-order chi connectivity index (χ0) is 21.3. The SMILES string of the molecule is COC(=N)c1cc(NC2NN(C3COCC[C@@H]3C#N)C3CCNC(=O)C23)ccc1O. The van der Waals surface area contributed by atoms with Gasteiger partial charge in [0.1, 0.15) is 11.9 Å². The highest BCUT2D eigenvalue weighted by atomic mass is 16.5. The van der Waals surface area contributed by atoms with Gasteiger partial charge in [-0.1, -0.05) is 0 Å². The summed E-state index contributed by atoms with van der Waals surface area (Å²) in [6.07, 6.45) is 1.03. The van der Waals surface area contributed by atoms with Crippen LogP contribution >= 0.6 is 0 Å². The zero-order valence-electron chi connectivity index (χ0n) is 16.7. The summed E-state index contributed by atoms with van der Waals surface area (Å²) in [6.45, 7) is 1.60. The van der Waals surface area contributed by atoms with E-state index in [1.807, 2.05) is 5.01 Å². The first kappa shape index (κ1) is 20.4. The summed E-state index contributed by atoms with van der Waals surface area (Å²) in [5, 5.41) is 35.7. The van der Waals surface area contributed by atoms with Crippen LogP contribution in [0, 0.1) is 28.6 Å². The van der Waals surface area contributed by atoms with E-state index in [4.69, 9.17) is 14.9 Å². The fourth-order valence-electron chi connectivity index (χ4n) is 4.55. The van der Waals surface area contributed by atoms with Gasteiger partial charge in [0.25, 0.3) is 0 Å². The first-order chi connectivity index (χ1) is 14.5. The van der Waals surface area contributed by atoms with Crippen molar-refractivity contribution in [1.29, 1.82) is 10.7 Å². The number of hydrazine groups is 1. The number of nitriles is 1. The van der Waals surface area contributed by atoms with Crippen LogP contribution < -0.4 is 16.1 Å². The predicted octanol–water partition coefficient (Wildman–Crippen LogP) is 0.356. The number of ether oxygens (including phenoxy) is 2. The molecule has 4 unspecified atom stereocenters. The van der Waals surface area contributed by atoms with Crippen LogP contribution in [0.3, 0.4) is 0 Å². The molecule has 0 aromatic heterocycles. The van der Waals surface area contributed by atoms with Crippen LogP contribution in [-0.4, -0.2) is 67.0 Å². The van der Waals surface area contributed by atoms with Crippen molar-refractivity contribution >= 4 is 17.5 Å². The second-order valence-electron chi connectivity index (χ2n) is 7.76. The molecule has 1 aromatic carbocycles. The van der Waals surface area contributed by atoms with Crippen molar-refractivity contribution in [3.05, 3.63) is 23.8 Å². The largest absolute Gasteiger partial charge is 0.507 e. The van der Waals surface area contributed by atoms with Gasteiger partial charge in [0, 0.05) is 24.9 Å². The van der Waals surface area contributed by atoms with Gasteiger partial charge < -0.3 is 25.2 Å². The van der Waals surface area contributed by atoms with Crippen LogP contribution in [0.2, 0.25) is 0 Å². The molecule has 0 bridgehead atoms. The number of amides is 1. The van der Waals surface area contributed by atoms with Gasteiger partial charge in [-0.05, 0) is 31.0 Å². The van der Waals surface area contributed by atoms with E-state index in [1.165, 1.54) is 13.2 Å². The normalized spacial score (nSPS) is 31.3. The number of phenolic OH excluding ortho intramolecular Hbond substituents is 1. The van der Waals surface area contributed by atoms with E-state index in [9.17, 15) is 15.2 Å². The van der Waals surface area contributed by atoms with E-state index < -0.39 is 6.17 Å². The van der Waals surface area contributed by atoms with Crippen molar-refractivity contribution < 1.29 is 19.4 Å². The molecule has 0 aliphatic carbocycles. The molecule has 3 aliphatic heterocycles. The van der Waals surface area contributed by atoms with Gasteiger partial charge in [-0.25, -0.2) is 10.4 Å². The molecular formula is C20H26N6O4. The van der Waals surface area contributed by atoms with Gasteiger partial charge in [0.15, 0.2) is 0 Å². The fraction of sp³-hybridized carbons (Fsp3) is 0.550. The van der Waals surface area contributed by atoms with Crippen molar-refractivity contribution in [3.63, 3.8) is 0 Å². The van der Waals surface area contributed by atoms with E-state index >= 15 is 0 Å². The molecule has 4 rings (SSSR count). The molecule has 1 amide bonds. The van der Waals surface area contributed by atoms with Crippen molar-refractivity contribution in [2.75, 3.05) is 32.2 Å². The summed E-state index contributed by atoms with van der Waals surface area (Å²) in [5.74, 6) is -0.788. The molecule has 3 saturated heterocycles. The summed E-state index contributed by atoms with van der Waals surface area (Å²) < 4.78 is 10.6. The molecule has 10 heteroatoms. The molecule has 0 radical (unpaired) electrons. The van der Waals surface area contributed by atoms with Crippen LogP contribution in [0.4, 0.5) is 5.69 Å². The minimum atomic E-state index is -0.411. The lowest BCUT2D eigenvalue weighted by molar-refractivity contribution is -0.128. The molecule has 10 nitrogen and oxygen atoms in total. The Labute approximate surface area is 174 Å². The molecular weight excluding hydrogens is 388 g/mol. The van der Waals surface area contributed by atoms with Gasteiger partial charge in [-0.15, -0.1) is 0 Å². The van der Waals surface area contributed by atoms with Gasteiger partial charge in [-0.3, -0.25) is 10.2 Å². The van der Waals surface area contributed by atoms with Crippen molar-refractivity contribution in [3.8, 4) is 11.8 Å². The maximum Gasteiger partial charge on any atom is 0.228 e. The quantitative estimate of drug-likeness (QED) is 0.270. The van der Waals surface area contributed by atoms with Gasteiger partial charge in [-0.2, -0.15) is 5.26 Å². The number of fused-ring (bicyclic) bond motifs is 1. The maximum absolute atomic E-state index is 12.7. The number of benzene rings is 1. The zero-order valence-corrected chi connectivity index (χ0v) is 16.7. The lowest BCUT2D eigenvalue weighted by atomic mass is 9.88.